The van der Waals surface area contributed by atoms with Gasteiger partial charge in [-0.2, -0.15) is 0 Å². The molecule has 0 aliphatic heterocycles. The van der Waals surface area contributed by atoms with Crippen LogP contribution in [0.2, 0.25) is 0 Å². The second kappa shape index (κ2) is 6.79. The smallest absolute Gasteiger partial charge is 0.310 e. The van der Waals surface area contributed by atoms with Gasteiger partial charge in [0.15, 0.2) is 0 Å². The van der Waals surface area contributed by atoms with Crippen LogP contribution in [0.1, 0.15) is 11.3 Å². The summed E-state index contributed by atoms with van der Waals surface area (Å²) in [5.41, 5.74) is 0.679. The van der Waals surface area contributed by atoms with E-state index in [1.807, 2.05) is 54.6 Å². The number of hydrogen-bond donors (Lipinski definition) is 2. The summed E-state index contributed by atoms with van der Waals surface area (Å²) < 4.78 is 5.74. The molecule has 5 nitrogen and oxygen atoms in total. The number of aromatic amines is 2. The first kappa shape index (κ1) is 14.8. The molecule has 0 bridgehead atoms. The van der Waals surface area contributed by atoms with Gasteiger partial charge in [-0.3, -0.25) is 14.7 Å². The molecule has 0 radical (unpaired) electrons. The van der Waals surface area contributed by atoms with Crippen LogP contribution in [0.15, 0.2) is 70.3 Å². The van der Waals surface area contributed by atoms with E-state index in [2.05, 4.69) is 10.2 Å². The summed E-state index contributed by atoms with van der Waals surface area (Å²) in [6.45, 7) is 0. The Morgan fingerprint density at radius 1 is 0.783 bits per heavy atom. The lowest BCUT2D eigenvalue weighted by atomic mass is 10.1. The van der Waals surface area contributed by atoms with E-state index in [-0.39, 0.29) is 0 Å². The molecule has 0 saturated heterocycles. The van der Waals surface area contributed by atoms with E-state index in [0.29, 0.717) is 12.1 Å². The molecule has 0 aliphatic carbocycles. The number of ether oxygens (including phenoxy) is 1. The van der Waals surface area contributed by atoms with E-state index in [1.54, 1.807) is 0 Å². The molecule has 0 saturated carbocycles. The summed E-state index contributed by atoms with van der Waals surface area (Å²) >= 11 is 0. The molecule has 0 fully saturated rings. The van der Waals surface area contributed by atoms with Crippen LogP contribution in [0, 0.1) is 0 Å². The number of aromatic nitrogens is 2. The predicted octanol–water partition coefficient (Wildman–Crippen LogP) is 2.64. The van der Waals surface area contributed by atoms with Gasteiger partial charge in [-0.1, -0.05) is 30.3 Å². The molecule has 0 unspecified atom stereocenters. The number of rotatable bonds is 5. The van der Waals surface area contributed by atoms with Crippen LogP contribution in [0.5, 0.6) is 11.5 Å². The molecule has 116 valence electrons. The molecular weight excluding hydrogens is 292 g/mol. The average molecular weight is 308 g/mol. The standard InChI is InChI=1S/C18H16N2O3/c21-17-12-14(19-20-18(17)22)9-6-13-7-10-16(11-8-13)23-15-4-2-1-3-5-15/h1-5,7-8,10-12H,6,9H2,(H,19,21)(H,20,22). The van der Waals surface area contributed by atoms with Gasteiger partial charge in [-0.05, 0) is 42.7 Å². The summed E-state index contributed by atoms with van der Waals surface area (Å²) in [5.74, 6) is 1.57. The third-order valence-electron chi connectivity index (χ3n) is 3.45. The Labute approximate surface area is 132 Å². The van der Waals surface area contributed by atoms with Crippen LogP contribution in [0.3, 0.4) is 0 Å². The van der Waals surface area contributed by atoms with Crippen molar-refractivity contribution in [3.05, 3.63) is 92.5 Å². The third kappa shape index (κ3) is 3.97. The zero-order chi connectivity index (χ0) is 16.1. The Balaban J connectivity index is 1.62. The number of para-hydroxylation sites is 1. The topological polar surface area (TPSA) is 75.0 Å². The van der Waals surface area contributed by atoms with Crippen molar-refractivity contribution < 1.29 is 4.74 Å². The number of H-pyrrole nitrogens is 2. The van der Waals surface area contributed by atoms with E-state index in [1.165, 1.54) is 6.07 Å². The fraction of sp³-hybridized carbons (Fsp3) is 0.111. The van der Waals surface area contributed by atoms with Gasteiger partial charge in [-0.25, -0.2) is 0 Å². The van der Waals surface area contributed by atoms with Crippen molar-refractivity contribution in [3.8, 4) is 11.5 Å². The molecule has 2 aromatic carbocycles. The molecule has 0 aliphatic rings. The van der Waals surface area contributed by atoms with Crippen LogP contribution in [0.4, 0.5) is 0 Å². The predicted molar refractivity (Wildman–Crippen MR) is 88.0 cm³/mol. The monoisotopic (exact) mass is 308 g/mol. The highest BCUT2D eigenvalue weighted by Crippen LogP contribution is 2.21. The van der Waals surface area contributed by atoms with Crippen molar-refractivity contribution in [2.75, 3.05) is 0 Å². The maximum Gasteiger partial charge on any atom is 0.310 e. The highest BCUT2D eigenvalue weighted by Gasteiger charge is 2.01. The fourth-order valence-electron chi connectivity index (χ4n) is 2.22. The molecule has 3 rings (SSSR count). The summed E-state index contributed by atoms with van der Waals surface area (Å²) in [6.07, 6.45) is 1.40. The quantitative estimate of drug-likeness (QED) is 0.712. The molecule has 5 heteroatoms. The van der Waals surface area contributed by atoms with Gasteiger partial charge >= 0.3 is 5.56 Å². The van der Waals surface area contributed by atoms with Crippen molar-refractivity contribution >= 4 is 0 Å². The Morgan fingerprint density at radius 3 is 2.17 bits per heavy atom. The zero-order valence-corrected chi connectivity index (χ0v) is 12.4. The first-order valence-electron chi connectivity index (χ1n) is 7.33. The molecule has 2 N–H and O–H groups in total. The SMILES string of the molecule is O=c1cc(CCc2ccc(Oc3ccccc3)cc2)[nH][nH]c1=O. The van der Waals surface area contributed by atoms with Crippen molar-refractivity contribution in [2.24, 2.45) is 0 Å². The lowest BCUT2D eigenvalue weighted by Crippen LogP contribution is -2.27. The van der Waals surface area contributed by atoms with Crippen molar-refractivity contribution in [1.82, 2.24) is 10.2 Å². The second-order valence-electron chi connectivity index (χ2n) is 5.17. The molecule has 0 amide bonds. The van der Waals surface area contributed by atoms with Gasteiger partial charge in [0.1, 0.15) is 11.5 Å². The second-order valence-corrected chi connectivity index (χ2v) is 5.17. The van der Waals surface area contributed by atoms with Crippen molar-refractivity contribution in [3.63, 3.8) is 0 Å². The van der Waals surface area contributed by atoms with E-state index in [0.717, 1.165) is 23.5 Å². The Bertz CT molecular complexity index is 880. The number of hydrogen-bond acceptors (Lipinski definition) is 3. The molecule has 0 spiro atoms. The molecule has 1 aromatic heterocycles. The van der Waals surface area contributed by atoms with Gasteiger partial charge in [0.2, 0.25) is 5.43 Å². The maximum atomic E-state index is 11.3. The zero-order valence-electron chi connectivity index (χ0n) is 12.4. The minimum Gasteiger partial charge on any atom is -0.457 e. The van der Waals surface area contributed by atoms with E-state index in [9.17, 15) is 9.59 Å². The highest BCUT2D eigenvalue weighted by atomic mass is 16.5. The Morgan fingerprint density at radius 2 is 1.48 bits per heavy atom. The van der Waals surface area contributed by atoms with Crippen LogP contribution in [0.25, 0.3) is 0 Å². The minimum absolute atomic E-state index is 0.523. The minimum atomic E-state index is -0.629. The van der Waals surface area contributed by atoms with Gasteiger partial charge in [-0.15, -0.1) is 0 Å². The Hall–Kier alpha value is -3.08. The Kier molecular flexibility index (Phi) is 4.38. The van der Waals surface area contributed by atoms with E-state index in [4.69, 9.17) is 4.74 Å². The lowest BCUT2D eigenvalue weighted by Gasteiger charge is -2.07. The molecular formula is C18H16N2O3. The van der Waals surface area contributed by atoms with Crippen molar-refractivity contribution in [2.45, 2.75) is 12.8 Å². The first-order chi connectivity index (χ1) is 11.2. The summed E-state index contributed by atoms with van der Waals surface area (Å²) in [5, 5.41) is 5.06. The summed E-state index contributed by atoms with van der Waals surface area (Å²) in [4.78, 5) is 22.3. The first-order valence-corrected chi connectivity index (χ1v) is 7.33. The number of aryl methyl sites for hydroxylation is 2. The van der Waals surface area contributed by atoms with Crippen LogP contribution >= 0.6 is 0 Å². The van der Waals surface area contributed by atoms with Crippen molar-refractivity contribution in [1.29, 1.82) is 0 Å². The highest BCUT2D eigenvalue weighted by molar-refractivity contribution is 5.33. The van der Waals surface area contributed by atoms with Gasteiger partial charge in [0.25, 0.3) is 0 Å². The summed E-state index contributed by atoms with van der Waals surface area (Å²) in [6, 6.07) is 18.7. The summed E-state index contributed by atoms with van der Waals surface area (Å²) in [7, 11) is 0. The number of nitrogens with one attached hydrogen (secondary N) is 2. The molecule has 23 heavy (non-hydrogen) atoms. The van der Waals surface area contributed by atoms with Gasteiger partial charge < -0.3 is 9.84 Å². The van der Waals surface area contributed by atoms with Gasteiger partial charge in [0, 0.05) is 11.8 Å². The van der Waals surface area contributed by atoms with Crippen LogP contribution in [-0.4, -0.2) is 10.2 Å². The maximum absolute atomic E-state index is 11.3. The largest absolute Gasteiger partial charge is 0.457 e. The molecule has 0 atom stereocenters. The van der Waals surface area contributed by atoms with E-state index < -0.39 is 11.0 Å². The van der Waals surface area contributed by atoms with Crippen LogP contribution < -0.4 is 15.7 Å². The molecule has 3 aromatic rings. The van der Waals surface area contributed by atoms with E-state index >= 15 is 0 Å². The fourth-order valence-corrected chi connectivity index (χ4v) is 2.22. The van der Waals surface area contributed by atoms with Crippen LogP contribution in [-0.2, 0) is 12.8 Å². The molecule has 1 heterocycles. The third-order valence-corrected chi connectivity index (χ3v) is 3.45. The average Bonchev–Trinajstić information content (AvgIpc) is 2.58. The number of benzene rings is 2. The normalized spacial score (nSPS) is 10.4. The van der Waals surface area contributed by atoms with Gasteiger partial charge in [0.05, 0.1) is 0 Å². The lowest BCUT2D eigenvalue weighted by molar-refractivity contribution is 0.482.